The Balaban J connectivity index is 1.60. The van der Waals surface area contributed by atoms with Crippen molar-refractivity contribution in [1.82, 2.24) is 20.5 Å². The van der Waals surface area contributed by atoms with Crippen LogP contribution < -0.4 is 15.4 Å². The minimum absolute atomic E-state index is 0.248. The van der Waals surface area contributed by atoms with Crippen LogP contribution in [0.25, 0.3) is 10.9 Å². The summed E-state index contributed by atoms with van der Waals surface area (Å²) < 4.78 is 5.23. The summed E-state index contributed by atoms with van der Waals surface area (Å²) in [7, 11) is 1.48. The molecule has 1 aliphatic carbocycles. The summed E-state index contributed by atoms with van der Waals surface area (Å²) in [6, 6.07) is 10.0. The Kier molecular flexibility index (Phi) is 5.79. The predicted molar refractivity (Wildman–Crippen MR) is 116 cm³/mol. The Morgan fingerprint density at radius 1 is 1.26 bits per heavy atom. The van der Waals surface area contributed by atoms with Crippen LogP contribution in [0.5, 0.6) is 5.88 Å². The van der Waals surface area contributed by atoms with Gasteiger partial charge in [0.25, 0.3) is 0 Å². The van der Waals surface area contributed by atoms with Gasteiger partial charge in [0.15, 0.2) is 0 Å². The van der Waals surface area contributed by atoms with Gasteiger partial charge in [-0.1, -0.05) is 43.2 Å². The van der Waals surface area contributed by atoms with Crippen LogP contribution in [0.3, 0.4) is 0 Å². The minimum atomic E-state index is -1.00. The number of hydrogen-bond donors (Lipinski definition) is 5. The lowest BCUT2D eigenvalue weighted by Gasteiger charge is -2.33. The lowest BCUT2D eigenvalue weighted by atomic mass is 9.87. The number of aliphatic hydroxyl groups is 2. The molecular weight excluding hydrogens is 398 g/mol. The van der Waals surface area contributed by atoms with Gasteiger partial charge in [-0.2, -0.15) is 0 Å². The number of carbonyl (C=O) groups excluding carboxylic acids is 1. The molecule has 2 heterocycles. The summed E-state index contributed by atoms with van der Waals surface area (Å²) >= 11 is 0. The van der Waals surface area contributed by atoms with Crippen LogP contribution in [-0.4, -0.2) is 44.1 Å². The van der Waals surface area contributed by atoms with E-state index in [1.165, 1.54) is 7.11 Å². The molecule has 1 aliphatic rings. The molecule has 2 aromatic heterocycles. The SMILES string of the molecule is COc1n[nH]c2cc(NC(=O)N[C@@H](c3ccccc3)C3(O)CCCC3)nc([C@H](C)O)c12. The van der Waals surface area contributed by atoms with E-state index < -0.39 is 23.8 Å². The number of anilines is 1. The van der Waals surface area contributed by atoms with Crippen molar-refractivity contribution in [2.45, 2.75) is 50.4 Å². The number of aromatic amines is 1. The van der Waals surface area contributed by atoms with Crippen molar-refractivity contribution in [3.8, 4) is 5.88 Å². The average Bonchev–Trinajstić information content (AvgIpc) is 3.38. The number of carbonyl (C=O) groups is 1. The number of pyridine rings is 1. The molecule has 3 aromatic rings. The first-order valence-corrected chi connectivity index (χ1v) is 10.4. The summed E-state index contributed by atoms with van der Waals surface area (Å²) in [4.78, 5) is 17.3. The molecule has 1 saturated carbocycles. The van der Waals surface area contributed by atoms with E-state index in [1.54, 1.807) is 13.0 Å². The molecule has 0 saturated heterocycles. The van der Waals surface area contributed by atoms with Gasteiger partial charge in [-0.25, -0.2) is 9.78 Å². The lowest BCUT2D eigenvalue weighted by molar-refractivity contribution is 0.0113. The molecule has 5 N–H and O–H groups in total. The number of nitrogens with zero attached hydrogens (tertiary/aromatic N) is 2. The zero-order valence-electron chi connectivity index (χ0n) is 17.6. The summed E-state index contributed by atoms with van der Waals surface area (Å²) in [6.45, 7) is 1.58. The van der Waals surface area contributed by atoms with Gasteiger partial charge in [-0.05, 0) is 25.3 Å². The van der Waals surface area contributed by atoms with E-state index in [4.69, 9.17) is 4.74 Å². The number of hydrogen-bond acceptors (Lipinski definition) is 6. The fourth-order valence-electron chi connectivity index (χ4n) is 4.29. The number of methoxy groups -OCH3 is 1. The third-order valence-corrected chi connectivity index (χ3v) is 5.78. The van der Waals surface area contributed by atoms with Crippen LogP contribution in [0.1, 0.15) is 56.0 Å². The second kappa shape index (κ2) is 8.52. The molecule has 0 radical (unpaired) electrons. The van der Waals surface area contributed by atoms with Gasteiger partial charge >= 0.3 is 6.03 Å². The zero-order chi connectivity index (χ0) is 22.0. The summed E-state index contributed by atoms with van der Waals surface area (Å²) in [5.74, 6) is 0.569. The number of benzene rings is 1. The maximum absolute atomic E-state index is 12.9. The highest BCUT2D eigenvalue weighted by molar-refractivity contribution is 5.93. The topological polar surface area (TPSA) is 132 Å². The first-order valence-electron chi connectivity index (χ1n) is 10.4. The van der Waals surface area contributed by atoms with Gasteiger partial charge < -0.3 is 20.3 Å². The summed E-state index contributed by atoms with van der Waals surface area (Å²) in [6.07, 6.45) is 2.19. The van der Waals surface area contributed by atoms with Crippen LogP contribution >= 0.6 is 0 Å². The zero-order valence-corrected chi connectivity index (χ0v) is 17.6. The highest BCUT2D eigenvalue weighted by Gasteiger charge is 2.41. The highest BCUT2D eigenvalue weighted by Crippen LogP contribution is 2.40. The minimum Gasteiger partial charge on any atom is -0.479 e. The number of rotatable bonds is 6. The molecule has 1 fully saturated rings. The van der Waals surface area contributed by atoms with Crippen LogP contribution in [0, 0.1) is 0 Å². The number of ether oxygens (including phenoxy) is 1. The Morgan fingerprint density at radius 2 is 1.97 bits per heavy atom. The number of amides is 2. The van der Waals surface area contributed by atoms with Crippen LogP contribution in [0.2, 0.25) is 0 Å². The van der Waals surface area contributed by atoms with Gasteiger partial charge in [-0.3, -0.25) is 10.4 Å². The molecule has 0 unspecified atom stereocenters. The fourth-order valence-corrected chi connectivity index (χ4v) is 4.29. The number of urea groups is 1. The third-order valence-electron chi connectivity index (χ3n) is 5.78. The maximum atomic E-state index is 12.9. The Bertz CT molecular complexity index is 1060. The third kappa shape index (κ3) is 4.19. The van der Waals surface area contributed by atoms with Crippen molar-refractivity contribution in [1.29, 1.82) is 0 Å². The summed E-state index contributed by atoms with van der Waals surface area (Å²) in [5.41, 5.74) is 0.755. The van der Waals surface area contributed by atoms with E-state index in [-0.39, 0.29) is 5.82 Å². The van der Waals surface area contributed by atoms with Gasteiger partial charge in [-0.15, -0.1) is 5.10 Å². The number of aliphatic hydroxyl groups excluding tert-OH is 1. The van der Waals surface area contributed by atoms with Gasteiger partial charge in [0.1, 0.15) is 5.82 Å². The molecule has 164 valence electrons. The Morgan fingerprint density at radius 3 is 2.61 bits per heavy atom. The molecule has 0 bridgehead atoms. The Labute approximate surface area is 179 Å². The second-order valence-corrected chi connectivity index (χ2v) is 7.98. The number of H-pyrrole nitrogens is 1. The largest absolute Gasteiger partial charge is 0.479 e. The van der Waals surface area contributed by atoms with Gasteiger partial charge in [0, 0.05) is 6.07 Å². The Hall–Kier alpha value is -3.17. The molecule has 0 aliphatic heterocycles. The molecule has 2 amide bonds. The van der Waals surface area contributed by atoms with Gasteiger partial charge in [0.2, 0.25) is 5.88 Å². The van der Waals surface area contributed by atoms with Crippen LogP contribution in [0.4, 0.5) is 10.6 Å². The van der Waals surface area contributed by atoms with Crippen molar-refractivity contribution >= 4 is 22.8 Å². The van der Waals surface area contributed by atoms with E-state index in [0.717, 1.165) is 18.4 Å². The van der Waals surface area contributed by atoms with Crippen molar-refractivity contribution in [2.24, 2.45) is 0 Å². The monoisotopic (exact) mass is 425 g/mol. The highest BCUT2D eigenvalue weighted by atomic mass is 16.5. The number of nitrogens with one attached hydrogen (secondary N) is 3. The first-order chi connectivity index (χ1) is 14.9. The van der Waals surface area contributed by atoms with Crippen molar-refractivity contribution in [2.75, 3.05) is 12.4 Å². The van der Waals surface area contributed by atoms with Gasteiger partial charge in [0.05, 0.1) is 41.5 Å². The standard InChI is InChI=1S/C22H27N5O4/c1-13(28)18-17-15(26-27-20(17)31-2)12-16(23-18)24-21(29)25-19(14-8-4-3-5-9-14)22(30)10-6-7-11-22/h3-5,8-9,12-13,19,28,30H,6-7,10-11H2,1-2H3,(H,26,27)(H2,23,24,25,29)/t13-,19-/m0/s1. The van der Waals surface area contributed by atoms with E-state index in [9.17, 15) is 15.0 Å². The molecule has 1 aromatic carbocycles. The molecule has 4 rings (SSSR count). The van der Waals surface area contributed by atoms with E-state index in [2.05, 4.69) is 25.8 Å². The van der Waals surface area contributed by atoms with Crippen molar-refractivity contribution in [3.05, 3.63) is 47.7 Å². The maximum Gasteiger partial charge on any atom is 0.320 e. The fraction of sp³-hybridized carbons (Fsp3) is 0.409. The predicted octanol–water partition coefficient (Wildman–Crippen LogP) is 3.19. The number of aromatic nitrogens is 3. The van der Waals surface area contributed by atoms with Crippen molar-refractivity contribution < 1.29 is 19.7 Å². The second-order valence-electron chi connectivity index (χ2n) is 7.98. The number of fused-ring (bicyclic) bond motifs is 1. The smallest absolute Gasteiger partial charge is 0.320 e. The van der Waals surface area contributed by atoms with E-state index in [1.807, 2.05) is 30.3 Å². The average molecular weight is 425 g/mol. The van der Waals surface area contributed by atoms with Crippen LogP contribution in [-0.2, 0) is 0 Å². The van der Waals surface area contributed by atoms with E-state index >= 15 is 0 Å². The normalized spacial score (nSPS) is 17.3. The quantitative estimate of drug-likeness (QED) is 0.412. The van der Waals surface area contributed by atoms with Crippen LogP contribution in [0.15, 0.2) is 36.4 Å². The molecular formula is C22H27N5O4. The first kappa shape index (κ1) is 21.1. The molecule has 9 nitrogen and oxygen atoms in total. The molecule has 9 heteroatoms. The van der Waals surface area contributed by atoms with E-state index in [0.29, 0.717) is 35.3 Å². The molecule has 2 atom stereocenters. The lowest BCUT2D eigenvalue weighted by Crippen LogP contribution is -2.45. The molecule has 31 heavy (non-hydrogen) atoms. The van der Waals surface area contributed by atoms with Crippen molar-refractivity contribution in [3.63, 3.8) is 0 Å². The summed E-state index contributed by atoms with van der Waals surface area (Å²) in [5, 5.41) is 34.5. The molecule has 0 spiro atoms.